The first-order chi connectivity index (χ1) is 8.80. The maximum absolute atomic E-state index is 11.7. The molecule has 6 nitrogen and oxygen atoms in total. The number of hydrogen-bond donors (Lipinski definition) is 2. The van der Waals surface area contributed by atoms with Crippen LogP contribution in [-0.4, -0.2) is 38.0 Å². The molecule has 0 fully saturated rings. The molecular weight excluding hydrogens is 270 g/mol. The highest BCUT2D eigenvalue weighted by atomic mass is 32.2. The molecule has 0 heterocycles. The maximum Gasteiger partial charge on any atom is 0.335 e. The Morgan fingerprint density at radius 2 is 2.11 bits per heavy atom. The van der Waals surface area contributed by atoms with E-state index >= 15 is 0 Å². The molecule has 0 radical (unpaired) electrons. The molecular formula is C12H17NO5S. The van der Waals surface area contributed by atoms with E-state index < -0.39 is 16.0 Å². The molecule has 7 heteroatoms. The molecule has 0 aromatic heterocycles. The Bertz CT molecular complexity index is 539. The lowest BCUT2D eigenvalue weighted by molar-refractivity contribution is 0.0696. The van der Waals surface area contributed by atoms with Gasteiger partial charge in [0.05, 0.1) is 24.0 Å². The van der Waals surface area contributed by atoms with E-state index in [0.717, 1.165) is 0 Å². The van der Waals surface area contributed by atoms with Crippen molar-refractivity contribution >= 4 is 21.7 Å². The van der Waals surface area contributed by atoms with Crippen molar-refractivity contribution in [2.75, 3.05) is 17.1 Å². The zero-order valence-electron chi connectivity index (χ0n) is 10.8. The van der Waals surface area contributed by atoms with Crippen LogP contribution in [0.2, 0.25) is 0 Å². The fourth-order valence-corrected chi connectivity index (χ4v) is 2.24. The van der Waals surface area contributed by atoms with Crippen LogP contribution in [0.3, 0.4) is 0 Å². The molecule has 19 heavy (non-hydrogen) atoms. The second kappa shape index (κ2) is 6.53. The lowest BCUT2D eigenvalue weighted by Gasteiger charge is -2.10. The van der Waals surface area contributed by atoms with Crippen molar-refractivity contribution in [3.8, 4) is 0 Å². The number of carboxylic acid groups (broad SMARTS) is 1. The van der Waals surface area contributed by atoms with Crippen molar-refractivity contribution in [3.63, 3.8) is 0 Å². The Balaban J connectivity index is 2.67. The van der Waals surface area contributed by atoms with Crippen molar-refractivity contribution in [2.24, 2.45) is 0 Å². The topological polar surface area (TPSA) is 92.7 Å². The summed E-state index contributed by atoms with van der Waals surface area (Å²) >= 11 is 0. The molecule has 0 bridgehead atoms. The summed E-state index contributed by atoms with van der Waals surface area (Å²) < 4.78 is 30.9. The van der Waals surface area contributed by atoms with E-state index in [1.165, 1.54) is 24.3 Å². The van der Waals surface area contributed by atoms with Gasteiger partial charge in [0.25, 0.3) is 0 Å². The minimum atomic E-state index is -3.54. The first-order valence-electron chi connectivity index (χ1n) is 5.75. The average molecular weight is 287 g/mol. The van der Waals surface area contributed by atoms with Crippen LogP contribution in [0.5, 0.6) is 0 Å². The van der Waals surface area contributed by atoms with Gasteiger partial charge in [0.15, 0.2) is 0 Å². The Kier molecular flexibility index (Phi) is 5.31. The van der Waals surface area contributed by atoms with E-state index in [0.29, 0.717) is 0 Å². The largest absolute Gasteiger partial charge is 0.478 e. The second-order valence-electron chi connectivity index (χ2n) is 4.23. The second-order valence-corrected chi connectivity index (χ2v) is 6.07. The summed E-state index contributed by atoms with van der Waals surface area (Å²) in [5.74, 6) is -1.29. The standard InChI is InChI=1S/C12H17NO5S/c1-9(2)18-6-7-19(16,17)13-11-5-3-4-10(8-11)12(14)15/h3-5,8-9,13H,6-7H2,1-2H3,(H,14,15). The van der Waals surface area contributed by atoms with Crippen LogP contribution >= 0.6 is 0 Å². The molecule has 106 valence electrons. The molecule has 0 saturated carbocycles. The maximum atomic E-state index is 11.7. The molecule has 2 N–H and O–H groups in total. The smallest absolute Gasteiger partial charge is 0.335 e. The molecule has 1 aromatic rings. The summed E-state index contributed by atoms with van der Waals surface area (Å²) in [6.45, 7) is 3.72. The Labute approximate surface area is 112 Å². The van der Waals surface area contributed by atoms with Crippen molar-refractivity contribution < 1.29 is 23.1 Å². The van der Waals surface area contributed by atoms with Gasteiger partial charge < -0.3 is 9.84 Å². The molecule has 1 rings (SSSR count). The molecule has 0 atom stereocenters. The Morgan fingerprint density at radius 3 is 2.68 bits per heavy atom. The van der Waals surface area contributed by atoms with Gasteiger partial charge in [-0.2, -0.15) is 0 Å². The van der Waals surface area contributed by atoms with Gasteiger partial charge in [0, 0.05) is 5.69 Å². The number of benzene rings is 1. The summed E-state index contributed by atoms with van der Waals surface area (Å²) in [6.07, 6.45) is -0.0365. The highest BCUT2D eigenvalue weighted by Crippen LogP contribution is 2.12. The number of aromatic carboxylic acids is 1. The van der Waals surface area contributed by atoms with Gasteiger partial charge in [0.2, 0.25) is 10.0 Å². The zero-order valence-corrected chi connectivity index (χ0v) is 11.6. The minimum absolute atomic E-state index is 0.0265. The van der Waals surface area contributed by atoms with Crippen LogP contribution in [0, 0.1) is 0 Å². The number of rotatable bonds is 7. The van der Waals surface area contributed by atoms with E-state index in [4.69, 9.17) is 9.84 Å². The SMILES string of the molecule is CC(C)OCCS(=O)(=O)Nc1cccc(C(=O)O)c1. The third-order valence-corrected chi connectivity index (χ3v) is 3.44. The minimum Gasteiger partial charge on any atom is -0.478 e. The van der Waals surface area contributed by atoms with Crippen LogP contribution in [0.4, 0.5) is 5.69 Å². The fraction of sp³-hybridized carbons (Fsp3) is 0.417. The predicted molar refractivity (Wildman–Crippen MR) is 71.9 cm³/mol. The third-order valence-electron chi connectivity index (χ3n) is 2.19. The molecule has 0 saturated heterocycles. The molecule has 0 unspecified atom stereocenters. The van der Waals surface area contributed by atoms with E-state index in [2.05, 4.69) is 4.72 Å². The molecule has 0 aliphatic heterocycles. The van der Waals surface area contributed by atoms with Crippen LogP contribution in [0.15, 0.2) is 24.3 Å². The van der Waals surface area contributed by atoms with Crippen LogP contribution < -0.4 is 4.72 Å². The summed E-state index contributed by atoms with van der Waals surface area (Å²) in [4.78, 5) is 10.8. The molecule has 0 spiro atoms. The normalized spacial score (nSPS) is 11.5. The Morgan fingerprint density at radius 1 is 1.42 bits per heavy atom. The quantitative estimate of drug-likeness (QED) is 0.793. The monoisotopic (exact) mass is 287 g/mol. The fourth-order valence-electron chi connectivity index (χ4n) is 1.34. The zero-order chi connectivity index (χ0) is 14.5. The summed E-state index contributed by atoms with van der Waals surface area (Å²) in [5, 5.41) is 8.81. The average Bonchev–Trinajstić information content (AvgIpc) is 2.27. The van der Waals surface area contributed by atoms with Crippen molar-refractivity contribution in [1.82, 2.24) is 0 Å². The third kappa shape index (κ3) is 5.71. The van der Waals surface area contributed by atoms with Crippen molar-refractivity contribution in [1.29, 1.82) is 0 Å². The van der Waals surface area contributed by atoms with Crippen molar-refractivity contribution in [3.05, 3.63) is 29.8 Å². The van der Waals surface area contributed by atoms with E-state index in [-0.39, 0.29) is 29.7 Å². The molecule has 0 amide bonds. The lowest BCUT2D eigenvalue weighted by atomic mass is 10.2. The van der Waals surface area contributed by atoms with Crippen LogP contribution in [0.25, 0.3) is 0 Å². The Hall–Kier alpha value is -1.60. The summed E-state index contributed by atoms with van der Waals surface area (Å²) in [5.41, 5.74) is 0.253. The number of hydrogen-bond acceptors (Lipinski definition) is 4. The first kappa shape index (κ1) is 15.5. The van der Waals surface area contributed by atoms with Gasteiger partial charge in [0.1, 0.15) is 0 Å². The molecule has 0 aliphatic carbocycles. The van der Waals surface area contributed by atoms with Gasteiger partial charge in [-0.15, -0.1) is 0 Å². The van der Waals surface area contributed by atoms with Gasteiger partial charge >= 0.3 is 5.97 Å². The van der Waals surface area contributed by atoms with E-state index in [1.807, 2.05) is 13.8 Å². The van der Waals surface area contributed by atoms with Gasteiger partial charge in [-0.05, 0) is 32.0 Å². The lowest BCUT2D eigenvalue weighted by Crippen LogP contribution is -2.21. The van der Waals surface area contributed by atoms with Crippen LogP contribution in [-0.2, 0) is 14.8 Å². The van der Waals surface area contributed by atoms with Crippen LogP contribution in [0.1, 0.15) is 24.2 Å². The highest BCUT2D eigenvalue weighted by Gasteiger charge is 2.12. The number of carboxylic acids is 1. The number of ether oxygens (including phenoxy) is 1. The highest BCUT2D eigenvalue weighted by molar-refractivity contribution is 7.92. The van der Waals surface area contributed by atoms with Gasteiger partial charge in [-0.1, -0.05) is 6.07 Å². The predicted octanol–water partition coefficient (Wildman–Crippen LogP) is 1.55. The number of anilines is 1. The van der Waals surface area contributed by atoms with Gasteiger partial charge in [-0.25, -0.2) is 13.2 Å². The van der Waals surface area contributed by atoms with E-state index in [9.17, 15) is 13.2 Å². The molecule has 0 aliphatic rings. The van der Waals surface area contributed by atoms with E-state index in [1.54, 1.807) is 0 Å². The van der Waals surface area contributed by atoms with Gasteiger partial charge in [-0.3, -0.25) is 4.72 Å². The summed E-state index contributed by atoms with van der Waals surface area (Å²) in [6, 6.07) is 5.63. The molecule has 1 aromatic carbocycles. The first-order valence-corrected chi connectivity index (χ1v) is 7.41. The number of sulfonamides is 1. The summed E-state index contributed by atoms with van der Waals surface area (Å²) in [7, 11) is -3.54. The number of carbonyl (C=O) groups is 1. The number of nitrogens with one attached hydrogen (secondary N) is 1. The van der Waals surface area contributed by atoms with Crippen molar-refractivity contribution in [2.45, 2.75) is 20.0 Å².